The highest BCUT2D eigenvalue weighted by Gasteiger charge is 2.30. The standard InChI is InChI=1S/C16H36N.CH6O7P2/c1-5-9-13-17(14-10-6-2,15-11-7-3)16-12-8-4;1-7-10(5,6)8-9(2,3)4/h5-16H2,1-4H3;1H3,(H,5,6)(H2,2,3,4)/q+1;. The van der Waals surface area contributed by atoms with E-state index in [4.69, 9.17) is 14.7 Å². The molecule has 8 nitrogen and oxygen atoms in total. The number of hydrogen-bond donors (Lipinski definition) is 3. The van der Waals surface area contributed by atoms with Crippen LogP contribution in [0.25, 0.3) is 0 Å². The van der Waals surface area contributed by atoms with Gasteiger partial charge in [-0.3, -0.25) is 4.52 Å². The molecule has 0 heterocycles. The summed E-state index contributed by atoms with van der Waals surface area (Å²) in [6, 6.07) is 0. The molecule has 1 atom stereocenters. The quantitative estimate of drug-likeness (QED) is 0.249. The van der Waals surface area contributed by atoms with Crippen LogP contribution in [-0.4, -0.2) is 52.5 Å². The number of phosphoric acid groups is 2. The highest BCUT2D eigenvalue weighted by molar-refractivity contribution is 7.60. The summed E-state index contributed by atoms with van der Waals surface area (Å²) in [5.41, 5.74) is 0. The van der Waals surface area contributed by atoms with E-state index in [1.165, 1.54) is 82.0 Å². The molecule has 0 aliphatic heterocycles. The van der Waals surface area contributed by atoms with Crippen LogP contribution in [0.1, 0.15) is 79.1 Å². The zero-order valence-corrected chi connectivity index (χ0v) is 19.6. The maximum atomic E-state index is 10.2. The second-order valence-corrected chi connectivity index (χ2v) is 9.81. The van der Waals surface area contributed by atoms with Crippen molar-refractivity contribution in [3.63, 3.8) is 0 Å². The monoisotopic (exact) mass is 434 g/mol. The van der Waals surface area contributed by atoms with Crippen LogP contribution in [0.2, 0.25) is 0 Å². The average Bonchev–Trinajstić information content (AvgIpc) is 2.59. The third-order valence-electron chi connectivity index (χ3n) is 4.38. The molecule has 0 rings (SSSR count). The molecular formula is C17H42NO7P2+. The smallest absolute Gasteiger partial charge is 0.324 e. The fourth-order valence-corrected chi connectivity index (χ4v) is 4.15. The Labute approximate surface area is 165 Å². The lowest BCUT2D eigenvalue weighted by atomic mass is 10.1. The van der Waals surface area contributed by atoms with E-state index in [1.807, 2.05) is 0 Å². The zero-order valence-electron chi connectivity index (χ0n) is 17.8. The Morgan fingerprint density at radius 3 is 1.15 bits per heavy atom. The van der Waals surface area contributed by atoms with Crippen LogP contribution in [0.5, 0.6) is 0 Å². The van der Waals surface area contributed by atoms with Crippen LogP contribution < -0.4 is 0 Å². The molecule has 0 saturated heterocycles. The van der Waals surface area contributed by atoms with Crippen molar-refractivity contribution in [2.45, 2.75) is 79.1 Å². The van der Waals surface area contributed by atoms with E-state index in [9.17, 15) is 9.13 Å². The zero-order chi connectivity index (χ0) is 21.4. The maximum Gasteiger partial charge on any atom is 0.480 e. The molecule has 0 bridgehead atoms. The van der Waals surface area contributed by atoms with Gasteiger partial charge in [0.2, 0.25) is 0 Å². The minimum atomic E-state index is -4.94. The van der Waals surface area contributed by atoms with Gasteiger partial charge in [-0.05, 0) is 25.7 Å². The molecule has 166 valence electrons. The van der Waals surface area contributed by atoms with Crippen LogP contribution in [0.4, 0.5) is 0 Å². The molecule has 0 radical (unpaired) electrons. The van der Waals surface area contributed by atoms with Crippen LogP contribution in [0.15, 0.2) is 0 Å². The molecular weight excluding hydrogens is 392 g/mol. The third-order valence-corrected chi connectivity index (χ3v) is 6.52. The Bertz CT molecular complexity index is 405. The summed E-state index contributed by atoms with van der Waals surface area (Å²) < 4.78 is 28.5. The van der Waals surface area contributed by atoms with Gasteiger partial charge in [-0.25, -0.2) is 9.13 Å². The molecule has 0 aromatic heterocycles. The van der Waals surface area contributed by atoms with E-state index in [-0.39, 0.29) is 0 Å². The minimum absolute atomic E-state index is 0.788. The summed E-state index contributed by atoms with van der Waals surface area (Å²) in [5, 5.41) is 0. The van der Waals surface area contributed by atoms with E-state index < -0.39 is 15.6 Å². The lowest BCUT2D eigenvalue weighted by molar-refractivity contribution is -0.929. The van der Waals surface area contributed by atoms with Crippen molar-refractivity contribution in [3.8, 4) is 0 Å². The topological polar surface area (TPSA) is 113 Å². The summed E-state index contributed by atoms with van der Waals surface area (Å²) in [7, 11) is -8.71. The van der Waals surface area contributed by atoms with E-state index in [1.54, 1.807) is 0 Å². The molecule has 0 saturated carbocycles. The second kappa shape index (κ2) is 16.1. The van der Waals surface area contributed by atoms with Crippen LogP contribution in [-0.2, 0) is 18.0 Å². The Morgan fingerprint density at radius 1 is 0.704 bits per heavy atom. The van der Waals surface area contributed by atoms with Gasteiger partial charge >= 0.3 is 15.6 Å². The molecule has 0 aromatic rings. The fourth-order valence-electron chi connectivity index (χ4n) is 2.81. The van der Waals surface area contributed by atoms with Gasteiger partial charge in [-0.2, -0.15) is 4.31 Å². The van der Waals surface area contributed by atoms with Gasteiger partial charge in [0.25, 0.3) is 0 Å². The van der Waals surface area contributed by atoms with Crippen LogP contribution >= 0.6 is 15.6 Å². The average molecular weight is 434 g/mol. The van der Waals surface area contributed by atoms with Gasteiger partial charge in [-0.15, -0.1) is 0 Å². The molecule has 1 unspecified atom stereocenters. The van der Waals surface area contributed by atoms with Gasteiger partial charge in [0.15, 0.2) is 0 Å². The van der Waals surface area contributed by atoms with Crippen LogP contribution in [0, 0.1) is 0 Å². The van der Waals surface area contributed by atoms with Crippen molar-refractivity contribution < 1.29 is 37.1 Å². The number of unbranched alkanes of at least 4 members (excludes halogenated alkanes) is 4. The van der Waals surface area contributed by atoms with Crippen molar-refractivity contribution in [3.05, 3.63) is 0 Å². The first kappa shape index (κ1) is 29.4. The SMILES string of the molecule is CCCC[N+](CCCC)(CCCC)CCCC.COP(=O)(O)OP(=O)(O)O. The molecule has 0 aliphatic carbocycles. The highest BCUT2D eigenvalue weighted by Crippen LogP contribution is 2.56. The van der Waals surface area contributed by atoms with E-state index in [0.717, 1.165) is 7.11 Å². The van der Waals surface area contributed by atoms with Gasteiger partial charge < -0.3 is 19.2 Å². The first-order valence-corrected chi connectivity index (χ1v) is 13.0. The minimum Gasteiger partial charge on any atom is -0.324 e. The first-order valence-electron chi connectivity index (χ1n) is 10.0. The van der Waals surface area contributed by atoms with Crippen molar-refractivity contribution in [2.24, 2.45) is 0 Å². The number of phosphoric ester groups is 1. The molecule has 0 aliphatic rings. The van der Waals surface area contributed by atoms with Crippen molar-refractivity contribution in [2.75, 3.05) is 33.3 Å². The van der Waals surface area contributed by atoms with Crippen molar-refractivity contribution in [1.82, 2.24) is 0 Å². The van der Waals surface area contributed by atoms with Gasteiger partial charge in [0.05, 0.1) is 26.2 Å². The fraction of sp³-hybridized carbons (Fsp3) is 1.00. The second-order valence-electron chi connectivity index (χ2n) is 6.87. The van der Waals surface area contributed by atoms with Gasteiger partial charge in [0.1, 0.15) is 0 Å². The summed E-state index contributed by atoms with van der Waals surface area (Å²) in [6.07, 6.45) is 11.1. The van der Waals surface area contributed by atoms with Gasteiger partial charge in [-0.1, -0.05) is 53.4 Å². The highest BCUT2D eigenvalue weighted by atomic mass is 31.3. The molecule has 3 N–H and O–H groups in total. The summed E-state index contributed by atoms with van der Waals surface area (Å²) in [4.78, 5) is 24.2. The molecule has 0 fully saturated rings. The van der Waals surface area contributed by atoms with E-state index in [2.05, 4.69) is 36.5 Å². The number of nitrogens with zero attached hydrogens (tertiary/aromatic N) is 1. The Balaban J connectivity index is 0. The lowest BCUT2D eigenvalue weighted by Crippen LogP contribution is -2.50. The molecule has 27 heavy (non-hydrogen) atoms. The number of hydrogen-bond acceptors (Lipinski definition) is 4. The summed E-state index contributed by atoms with van der Waals surface area (Å²) in [6.45, 7) is 15.0. The Hall–Kier alpha value is 0.220. The van der Waals surface area contributed by atoms with Gasteiger partial charge in [0, 0.05) is 7.11 Å². The van der Waals surface area contributed by atoms with E-state index in [0.29, 0.717) is 0 Å². The Kier molecular flexibility index (Phi) is 17.5. The molecule has 0 amide bonds. The predicted molar refractivity (Wildman–Crippen MR) is 109 cm³/mol. The first-order chi connectivity index (χ1) is 12.5. The lowest BCUT2D eigenvalue weighted by Gasteiger charge is -2.39. The normalized spacial score (nSPS) is 14.4. The third kappa shape index (κ3) is 18.0. The summed E-state index contributed by atoms with van der Waals surface area (Å²) >= 11 is 0. The maximum absolute atomic E-state index is 10.2. The summed E-state index contributed by atoms with van der Waals surface area (Å²) in [5.74, 6) is 0. The molecule has 0 spiro atoms. The number of rotatable bonds is 15. The van der Waals surface area contributed by atoms with Crippen molar-refractivity contribution >= 4 is 15.6 Å². The Morgan fingerprint density at radius 2 is 1.00 bits per heavy atom. The molecule has 0 aromatic carbocycles. The predicted octanol–water partition coefficient (Wildman–Crippen LogP) is 4.85. The van der Waals surface area contributed by atoms with Crippen molar-refractivity contribution in [1.29, 1.82) is 0 Å². The number of quaternary nitrogens is 1. The molecule has 10 heteroatoms. The van der Waals surface area contributed by atoms with E-state index >= 15 is 0 Å². The largest absolute Gasteiger partial charge is 0.480 e. The van der Waals surface area contributed by atoms with Crippen LogP contribution in [0.3, 0.4) is 0 Å².